The monoisotopic (exact) mass is 445 g/mol. The number of halogens is 3. The molecule has 6 nitrogen and oxygen atoms in total. The van der Waals surface area contributed by atoms with Crippen LogP contribution in [-0.4, -0.2) is 22.1 Å². The van der Waals surface area contributed by atoms with Crippen molar-refractivity contribution >= 4 is 46.0 Å². The fraction of sp³-hybridized carbons (Fsp3) is 0.0500. The third kappa shape index (κ3) is 3.81. The quantitative estimate of drug-likeness (QED) is 0.401. The second-order valence-electron chi connectivity index (χ2n) is 6.14. The third-order valence-corrected chi connectivity index (χ3v) is 5.34. The van der Waals surface area contributed by atoms with Gasteiger partial charge in [0.25, 0.3) is 0 Å². The van der Waals surface area contributed by atoms with Crippen molar-refractivity contribution in [3.8, 4) is 17.0 Å². The van der Waals surface area contributed by atoms with Gasteiger partial charge in [0.05, 0.1) is 33.8 Å². The van der Waals surface area contributed by atoms with Crippen LogP contribution in [0, 0.1) is 11.6 Å². The van der Waals surface area contributed by atoms with Crippen molar-refractivity contribution in [2.75, 3.05) is 17.6 Å². The van der Waals surface area contributed by atoms with Crippen LogP contribution in [0.2, 0.25) is 5.02 Å². The van der Waals surface area contributed by atoms with Crippen LogP contribution in [0.25, 0.3) is 22.0 Å². The first-order valence-corrected chi connectivity index (χ1v) is 9.78. The Morgan fingerprint density at radius 2 is 1.93 bits per heavy atom. The smallest absolute Gasteiger partial charge is 0.228 e. The molecule has 0 saturated carbocycles. The summed E-state index contributed by atoms with van der Waals surface area (Å²) in [7, 11) is 1.46. The van der Waals surface area contributed by atoms with E-state index in [0.717, 1.165) is 11.9 Å². The van der Waals surface area contributed by atoms with Crippen molar-refractivity contribution < 1.29 is 13.5 Å². The van der Waals surface area contributed by atoms with Gasteiger partial charge in [0, 0.05) is 11.6 Å². The highest BCUT2D eigenvalue weighted by atomic mass is 35.5. The third-order valence-electron chi connectivity index (χ3n) is 4.30. The summed E-state index contributed by atoms with van der Waals surface area (Å²) in [6.45, 7) is 0. The van der Waals surface area contributed by atoms with Crippen LogP contribution in [-0.2, 0) is 0 Å². The van der Waals surface area contributed by atoms with Crippen molar-refractivity contribution in [2.45, 2.75) is 4.90 Å². The van der Waals surface area contributed by atoms with E-state index in [1.165, 1.54) is 31.8 Å². The lowest BCUT2D eigenvalue weighted by Crippen LogP contribution is -1.99. The summed E-state index contributed by atoms with van der Waals surface area (Å²) in [5, 5.41) is 0.910. The first-order valence-electron chi connectivity index (χ1n) is 8.59. The van der Waals surface area contributed by atoms with E-state index in [0.29, 0.717) is 32.3 Å². The van der Waals surface area contributed by atoms with E-state index in [4.69, 9.17) is 22.1 Å². The largest absolute Gasteiger partial charge is 0.480 e. The van der Waals surface area contributed by atoms with Gasteiger partial charge in [-0.05, 0) is 47.8 Å². The van der Waals surface area contributed by atoms with Gasteiger partial charge >= 0.3 is 0 Å². The molecule has 0 amide bonds. The molecule has 0 atom stereocenters. The molecular formula is C20H14ClF2N5OS. The summed E-state index contributed by atoms with van der Waals surface area (Å²) in [6.07, 6.45) is 2.77. The topological polar surface area (TPSA) is 86.0 Å². The molecule has 0 aliphatic heterocycles. The van der Waals surface area contributed by atoms with E-state index in [-0.39, 0.29) is 17.1 Å². The van der Waals surface area contributed by atoms with Crippen LogP contribution >= 0.6 is 23.5 Å². The highest BCUT2D eigenvalue weighted by Crippen LogP contribution is 2.36. The molecule has 0 saturated heterocycles. The van der Waals surface area contributed by atoms with Gasteiger partial charge in [-0.15, -0.1) is 0 Å². The molecule has 0 radical (unpaired) electrons. The predicted molar refractivity (Wildman–Crippen MR) is 115 cm³/mol. The van der Waals surface area contributed by atoms with Crippen molar-refractivity contribution in [3.05, 3.63) is 65.6 Å². The zero-order valence-electron chi connectivity index (χ0n) is 15.5. The Balaban J connectivity index is 1.71. The molecule has 0 aliphatic rings. The number of nitrogens with one attached hydrogen (secondary N) is 1. The molecule has 2 heterocycles. The van der Waals surface area contributed by atoms with E-state index in [1.807, 2.05) is 0 Å². The first-order chi connectivity index (χ1) is 14.5. The zero-order valence-corrected chi connectivity index (χ0v) is 17.1. The molecule has 152 valence electrons. The highest BCUT2D eigenvalue weighted by molar-refractivity contribution is 8.00. The number of fused-ring (bicyclic) bond motifs is 1. The number of nitrogens with two attached hydrogens (primary N) is 1. The average Bonchev–Trinajstić information content (AvgIpc) is 2.74. The number of nitrogens with zero attached hydrogens (tertiary/aromatic N) is 3. The Labute approximate surface area is 179 Å². The summed E-state index contributed by atoms with van der Waals surface area (Å²) in [5.41, 5.74) is 6.66. The number of methoxy groups -OCH3 is 1. The van der Waals surface area contributed by atoms with Gasteiger partial charge < -0.3 is 15.2 Å². The zero-order chi connectivity index (χ0) is 21.3. The molecule has 0 unspecified atom stereocenters. The maximum Gasteiger partial charge on any atom is 0.228 e. The Kier molecular flexibility index (Phi) is 5.56. The minimum atomic E-state index is -0.758. The second kappa shape index (κ2) is 8.29. The number of pyridine rings is 1. The Morgan fingerprint density at radius 1 is 1.10 bits per heavy atom. The van der Waals surface area contributed by atoms with E-state index in [9.17, 15) is 4.39 Å². The fourth-order valence-corrected chi connectivity index (χ4v) is 3.88. The van der Waals surface area contributed by atoms with E-state index in [2.05, 4.69) is 19.7 Å². The van der Waals surface area contributed by atoms with Crippen LogP contribution in [0.5, 0.6) is 5.88 Å². The van der Waals surface area contributed by atoms with E-state index in [1.54, 1.807) is 24.3 Å². The molecule has 0 aliphatic carbocycles. The van der Waals surface area contributed by atoms with Crippen molar-refractivity contribution in [2.24, 2.45) is 0 Å². The van der Waals surface area contributed by atoms with Crippen LogP contribution in [0.15, 0.2) is 53.8 Å². The molecule has 10 heteroatoms. The minimum absolute atomic E-state index is 0.0795. The second-order valence-corrected chi connectivity index (χ2v) is 7.42. The van der Waals surface area contributed by atoms with Crippen molar-refractivity contribution in [1.29, 1.82) is 0 Å². The summed E-state index contributed by atoms with van der Waals surface area (Å²) in [6, 6.07) is 8.90. The van der Waals surface area contributed by atoms with Gasteiger partial charge in [-0.3, -0.25) is 0 Å². The van der Waals surface area contributed by atoms with Gasteiger partial charge in [0.2, 0.25) is 5.88 Å². The summed E-state index contributed by atoms with van der Waals surface area (Å²) in [4.78, 5) is 12.6. The average molecular weight is 446 g/mol. The molecular weight excluding hydrogens is 432 g/mol. The van der Waals surface area contributed by atoms with Gasteiger partial charge in [-0.1, -0.05) is 17.7 Å². The molecule has 4 rings (SSSR count). The van der Waals surface area contributed by atoms with Gasteiger partial charge in [-0.2, -0.15) is 0 Å². The lowest BCUT2D eigenvalue weighted by molar-refractivity contribution is 0.387. The first kappa shape index (κ1) is 20.1. The lowest BCUT2D eigenvalue weighted by atomic mass is 10.0. The number of hydrogen-bond donors (Lipinski definition) is 2. The van der Waals surface area contributed by atoms with Gasteiger partial charge in [0.1, 0.15) is 18.0 Å². The standard InChI is InChI=1S/C20H14ClF2N5OS/c1-29-20-16(7-11(21)8-25-20)30-28-15-5-3-13(22)17(18(15)23)10-2-4-14-12(6-10)19(24)27-9-26-14/h2-9,28H,1H3,(H2,24,26,27). The van der Waals surface area contributed by atoms with Crippen molar-refractivity contribution in [3.63, 3.8) is 0 Å². The number of ether oxygens (including phenoxy) is 1. The fourth-order valence-electron chi connectivity index (χ4n) is 2.87. The summed E-state index contributed by atoms with van der Waals surface area (Å²) >= 11 is 7.01. The van der Waals surface area contributed by atoms with Crippen molar-refractivity contribution in [1.82, 2.24) is 15.0 Å². The Bertz CT molecular complexity index is 1260. The molecule has 2 aromatic heterocycles. The molecule has 4 aromatic rings. The van der Waals surface area contributed by atoms with Gasteiger partial charge in [0.15, 0.2) is 5.82 Å². The van der Waals surface area contributed by atoms with E-state index >= 15 is 4.39 Å². The maximum absolute atomic E-state index is 15.2. The normalized spacial score (nSPS) is 10.9. The van der Waals surface area contributed by atoms with Crippen LogP contribution < -0.4 is 15.2 Å². The number of hydrogen-bond acceptors (Lipinski definition) is 7. The van der Waals surface area contributed by atoms with Crippen LogP contribution in [0.4, 0.5) is 20.3 Å². The lowest BCUT2D eigenvalue weighted by Gasteiger charge is -2.13. The maximum atomic E-state index is 15.2. The Morgan fingerprint density at radius 3 is 2.73 bits per heavy atom. The summed E-state index contributed by atoms with van der Waals surface area (Å²) < 4.78 is 37.8. The number of aromatic nitrogens is 3. The highest BCUT2D eigenvalue weighted by Gasteiger charge is 2.18. The predicted octanol–water partition coefficient (Wildman–Crippen LogP) is 5.33. The van der Waals surface area contributed by atoms with Crippen LogP contribution in [0.1, 0.15) is 0 Å². The van der Waals surface area contributed by atoms with Crippen LogP contribution in [0.3, 0.4) is 0 Å². The molecule has 0 spiro atoms. The molecule has 30 heavy (non-hydrogen) atoms. The molecule has 0 fully saturated rings. The Hall–Kier alpha value is -3.17. The molecule has 0 bridgehead atoms. The SMILES string of the molecule is COc1ncc(Cl)cc1SNc1ccc(F)c(-c2ccc3ncnc(N)c3c2)c1F. The van der Waals surface area contributed by atoms with Gasteiger partial charge in [-0.25, -0.2) is 23.7 Å². The minimum Gasteiger partial charge on any atom is -0.480 e. The number of anilines is 2. The molecule has 2 aromatic carbocycles. The number of nitrogen functional groups attached to an aromatic ring is 1. The number of benzene rings is 2. The molecule has 3 N–H and O–H groups in total. The number of rotatable bonds is 5. The van der Waals surface area contributed by atoms with E-state index < -0.39 is 11.6 Å². The summed E-state index contributed by atoms with van der Waals surface area (Å²) in [5.74, 6) is -0.913.